The quantitative estimate of drug-likeness (QED) is 0.860. The fraction of sp³-hybridized carbons (Fsp3) is 0.333. The number of halogens is 1. The Kier molecular flexibility index (Phi) is 4.64. The molecule has 1 aromatic carbocycles. The number of nitrogens with one attached hydrogen (secondary N) is 1. The number of benzene rings is 1. The maximum absolute atomic E-state index is 12.6. The monoisotopic (exact) mass is 374 g/mol. The summed E-state index contributed by atoms with van der Waals surface area (Å²) in [5.74, 6) is 1.33. The Morgan fingerprint density at radius 3 is 2.71 bits per heavy atom. The van der Waals surface area contributed by atoms with Crippen molar-refractivity contribution in [2.75, 3.05) is 14.2 Å². The van der Waals surface area contributed by atoms with E-state index in [0.717, 1.165) is 0 Å². The summed E-state index contributed by atoms with van der Waals surface area (Å²) >= 11 is 3.27. The van der Waals surface area contributed by atoms with Crippen LogP contribution < -0.4 is 4.74 Å². The van der Waals surface area contributed by atoms with Crippen LogP contribution in [0.4, 0.5) is 0 Å². The molecule has 1 aromatic heterocycles. The molecule has 0 saturated heterocycles. The van der Waals surface area contributed by atoms with Crippen molar-refractivity contribution in [2.24, 2.45) is 0 Å². The molecule has 1 heterocycles. The molecule has 0 unspecified atom stereocenters. The van der Waals surface area contributed by atoms with Crippen LogP contribution >= 0.6 is 15.9 Å². The Labute approximate surface area is 131 Å². The van der Waals surface area contributed by atoms with Gasteiger partial charge in [-0.3, -0.25) is 5.10 Å². The Morgan fingerprint density at radius 2 is 2.14 bits per heavy atom. The van der Waals surface area contributed by atoms with Crippen molar-refractivity contribution >= 4 is 26.0 Å². The molecule has 1 N–H and O–H groups in total. The van der Waals surface area contributed by atoms with Crippen molar-refractivity contribution in [1.29, 1.82) is 0 Å². The number of methoxy groups -OCH3 is 1. The predicted octanol–water partition coefficient (Wildman–Crippen LogP) is 1.70. The summed E-state index contributed by atoms with van der Waals surface area (Å²) in [5, 5.41) is 6.62. The summed E-state index contributed by atoms with van der Waals surface area (Å²) < 4.78 is 32.2. The fourth-order valence-corrected chi connectivity index (χ4v) is 3.58. The van der Waals surface area contributed by atoms with Gasteiger partial charge in [-0.15, -0.1) is 0 Å². The van der Waals surface area contributed by atoms with Gasteiger partial charge in [0.25, 0.3) is 0 Å². The molecule has 0 saturated carbocycles. The van der Waals surface area contributed by atoms with Crippen LogP contribution in [0.15, 0.2) is 27.6 Å². The molecule has 0 amide bonds. The first-order chi connectivity index (χ1) is 9.84. The number of aryl methyl sites for hydroxylation is 1. The van der Waals surface area contributed by atoms with Gasteiger partial charge >= 0.3 is 0 Å². The summed E-state index contributed by atoms with van der Waals surface area (Å²) in [5.41, 5.74) is 0. The van der Waals surface area contributed by atoms with E-state index < -0.39 is 10.0 Å². The summed E-state index contributed by atoms with van der Waals surface area (Å²) in [4.78, 5) is 4.20. The third-order valence-electron chi connectivity index (χ3n) is 2.82. The van der Waals surface area contributed by atoms with Gasteiger partial charge < -0.3 is 4.74 Å². The molecular formula is C12H15BrN4O3S. The molecule has 0 fully saturated rings. The van der Waals surface area contributed by atoms with Gasteiger partial charge in [0, 0.05) is 11.5 Å². The normalized spacial score (nSPS) is 11.9. The average Bonchev–Trinajstić information content (AvgIpc) is 2.84. The minimum absolute atomic E-state index is 0.0718. The van der Waals surface area contributed by atoms with Crippen LogP contribution in [0.5, 0.6) is 5.75 Å². The Bertz CT molecular complexity index is 745. The molecular weight excluding hydrogens is 360 g/mol. The molecule has 0 aliphatic carbocycles. The first-order valence-corrected chi connectivity index (χ1v) is 8.25. The highest BCUT2D eigenvalue weighted by molar-refractivity contribution is 9.10. The van der Waals surface area contributed by atoms with Crippen molar-refractivity contribution in [3.63, 3.8) is 0 Å². The molecule has 2 aromatic rings. The largest absolute Gasteiger partial charge is 0.495 e. The molecule has 0 atom stereocenters. The Balaban J connectivity index is 2.35. The number of H-pyrrole nitrogens is 1. The Hall–Kier alpha value is -1.45. The molecule has 0 aliphatic rings. The maximum Gasteiger partial charge on any atom is 0.246 e. The number of sulfonamides is 1. The van der Waals surface area contributed by atoms with E-state index in [9.17, 15) is 8.42 Å². The van der Waals surface area contributed by atoms with Crippen molar-refractivity contribution < 1.29 is 13.2 Å². The van der Waals surface area contributed by atoms with Crippen molar-refractivity contribution in [2.45, 2.75) is 18.4 Å². The van der Waals surface area contributed by atoms with E-state index in [4.69, 9.17) is 4.74 Å². The van der Waals surface area contributed by atoms with Crippen LogP contribution in [0, 0.1) is 6.92 Å². The molecule has 9 heteroatoms. The molecule has 7 nitrogen and oxygen atoms in total. The van der Waals surface area contributed by atoms with Crippen LogP contribution in [0.1, 0.15) is 11.6 Å². The second kappa shape index (κ2) is 6.12. The standard InChI is InChI=1S/C12H15BrN4O3S/c1-8-14-12(16-15-8)7-17(2)21(18,19)11-6-9(13)4-5-10(11)20-3/h4-6H,7H2,1-3H3,(H,14,15,16). The maximum atomic E-state index is 12.6. The number of rotatable bonds is 5. The molecule has 114 valence electrons. The van der Waals surface area contributed by atoms with E-state index in [0.29, 0.717) is 16.1 Å². The lowest BCUT2D eigenvalue weighted by Crippen LogP contribution is -2.27. The highest BCUT2D eigenvalue weighted by Gasteiger charge is 2.26. The van der Waals surface area contributed by atoms with Crippen molar-refractivity contribution in [3.8, 4) is 5.75 Å². The molecule has 21 heavy (non-hydrogen) atoms. The van der Waals surface area contributed by atoms with E-state index in [-0.39, 0.29) is 17.2 Å². The first-order valence-electron chi connectivity index (χ1n) is 6.02. The van der Waals surface area contributed by atoms with Crippen LogP contribution in [-0.2, 0) is 16.6 Å². The fourth-order valence-electron chi connectivity index (χ4n) is 1.76. The molecule has 0 bridgehead atoms. The van der Waals surface area contributed by atoms with Gasteiger partial charge in [0.15, 0.2) is 5.82 Å². The second-order valence-electron chi connectivity index (χ2n) is 4.39. The summed E-state index contributed by atoms with van der Waals surface area (Å²) in [7, 11) is -0.804. The van der Waals surface area contributed by atoms with Crippen LogP contribution in [-0.4, -0.2) is 42.1 Å². The topological polar surface area (TPSA) is 88.2 Å². The van der Waals surface area contributed by atoms with Crippen LogP contribution in [0.3, 0.4) is 0 Å². The zero-order valence-corrected chi connectivity index (χ0v) is 14.2. The van der Waals surface area contributed by atoms with Gasteiger partial charge in [0.05, 0.1) is 13.7 Å². The van der Waals surface area contributed by atoms with Gasteiger partial charge in [-0.1, -0.05) is 15.9 Å². The second-order valence-corrected chi connectivity index (χ2v) is 7.32. The number of hydrogen-bond donors (Lipinski definition) is 1. The van der Waals surface area contributed by atoms with Crippen molar-refractivity contribution in [1.82, 2.24) is 19.5 Å². The molecule has 2 rings (SSSR count). The summed E-state index contributed by atoms with van der Waals surface area (Å²) in [6.45, 7) is 1.82. The smallest absolute Gasteiger partial charge is 0.246 e. The molecule has 0 spiro atoms. The van der Waals surface area contributed by atoms with Gasteiger partial charge in [0.1, 0.15) is 16.5 Å². The van der Waals surface area contributed by atoms with Gasteiger partial charge in [-0.25, -0.2) is 13.4 Å². The number of hydrogen-bond acceptors (Lipinski definition) is 5. The van der Waals surface area contributed by atoms with Crippen molar-refractivity contribution in [3.05, 3.63) is 34.3 Å². The van der Waals surface area contributed by atoms with E-state index in [1.165, 1.54) is 24.5 Å². The highest BCUT2D eigenvalue weighted by atomic mass is 79.9. The number of ether oxygens (including phenoxy) is 1. The third kappa shape index (κ3) is 3.42. The number of aromatic nitrogens is 3. The van der Waals surface area contributed by atoms with Gasteiger partial charge in [-0.05, 0) is 25.1 Å². The molecule has 0 radical (unpaired) electrons. The summed E-state index contributed by atoms with van der Waals surface area (Å²) in [6, 6.07) is 4.83. The molecule has 0 aliphatic heterocycles. The lowest BCUT2D eigenvalue weighted by atomic mass is 10.3. The highest BCUT2D eigenvalue weighted by Crippen LogP contribution is 2.29. The summed E-state index contributed by atoms with van der Waals surface area (Å²) in [6.07, 6.45) is 0. The van der Waals surface area contributed by atoms with Gasteiger partial charge in [-0.2, -0.15) is 9.40 Å². The Morgan fingerprint density at radius 1 is 1.43 bits per heavy atom. The lowest BCUT2D eigenvalue weighted by Gasteiger charge is -2.17. The van der Waals surface area contributed by atoms with Crippen LogP contribution in [0.25, 0.3) is 0 Å². The van der Waals surface area contributed by atoms with E-state index in [2.05, 4.69) is 31.1 Å². The number of nitrogens with zero attached hydrogens (tertiary/aromatic N) is 3. The third-order valence-corrected chi connectivity index (χ3v) is 5.14. The van der Waals surface area contributed by atoms with Gasteiger partial charge in [0.2, 0.25) is 10.0 Å². The predicted molar refractivity (Wildman–Crippen MR) is 80.5 cm³/mol. The SMILES string of the molecule is COc1ccc(Br)cc1S(=O)(=O)N(C)Cc1n[nH]c(C)n1. The number of aromatic amines is 1. The van der Waals surface area contributed by atoms with E-state index in [1.807, 2.05) is 0 Å². The first kappa shape index (κ1) is 15.9. The average molecular weight is 375 g/mol. The minimum atomic E-state index is -3.71. The minimum Gasteiger partial charge on any atom is -0.495 e. The van der Waals surface area contributed by atoms with E-state index in [1.54, 1.807) is 19.1 Å². The van der Waals surface area contributed by atoms with Crippen LogP contribution in [0.2, 0.25) is 0 Å². The zero-order valence-electron chi connectivity index (χ0n) is 11.8. The zero-order chi connectivity index (χ0) is 15.6. The van der Waals surface area contributed by atoms with E-state index >= 15 is 0 Å². The lowest BCUT2D eigenvalue weighted by molar-refractivity contribution is 0.396.